The fraction of sp³-hybridized carbons (Fsp3) is 0.273. The number of carbonyl (C=O) groups excluding carboxylic acids is 1. The van der Waals surface area contributed by atoms with Crippen LogP contribution in [0.4, 0.5) is 0 Å². The van der Waals surface area contributed by atoms with Gasteiger partial charge in [0.25, 0.3) is 0 Å². The zero-order valence-corrected chi connectivity index (χ0v) is 10.2. The number of carbonyl (C=O) groups is 1. The summed E-state index contributed by atoms with van der Waals surface area (Å²) in [6.07, 6.45) is 4.37. The Bertz CT molecular complexity index is 504. The molecule has 2 heterocycles. The summed E-state index contributed by atoms with van der Waals surface area (Å²) in [7, 11) is 0. The molecule has 0 unspecified atom stereocenters. The number of nitrogens with zero attached hydrogens (tertiary/aromatic N) is 1. The third-order valence-corrected chi connectivity index (χ3v) is 4.05. The highest BCUT2D eigenvalue weighted by Crippen LogP contribution is 2.32. The molecule has 0 aliphatic rings. The Labute approximate surface area is 96.7 Å². The van der Waals surface area contributed by atoms with E-state index in [9.17, 15) is 4.79 Å². The average molecular weight is 237 g/mol. The normalized spacial score (nSPS) is 10.8. The van der Waals surface area contributed by atoms with E-state index in [4.69, 9.17) is 0 Å². The van der Waals surface area contributed by atoms with E-state index in [1.165, 1.54) is 10.1 Å². The number of aromatic nitrogens is 1. The molecule has 0 bridgehead atoms. The first-order valence-corrected chi connectivity index (χ1v) is 6.65. The molecule has 0 radical (unpaired) electrons. The van der Waals surface area contributed by atoms with Crippen molar-refractivity contribution in [2.75, 3.05) is 6.26 Å². The maximum absolute atomic E-state index is 11.0. The van der Waals surface area contributed by atoms with E-state index >= 15 is 0 Å². The van der Waals surface area contributed by atoms with Gasteiger partial charge in [0.2, 0.25) is 0 Å². The van der Waals surface area contributed by atoms with Crippen LogP contribution >= 0.6 is 23.1 Å². The van der Waals surface area contributed by atoms with Crippen molar-refractivity contribution in [1.29, 1.82) is 0 Å². The molecule has 0 fully saturated rings. The maximum Gasteiger partial charge on any atom is 0.135 e. The third-order valence-electron chi connectivity index (χ3n) is 2.07. The van der Waals surface area contributed by atoms with Crippen molar-refractivity contribution in [1.82, 2.24) is 4.98 Å². The van der Waals surface area contributed by atoms with Crippen LogP contribution in [0.2, 0.25) is 0 Å². The van der Waals surface area contributed by atoms with Gasteiger partial charge in [0.1, 0.15) is 10.8 Å². The van der Waals surface area contributed by atoms with E-state index in [0.29, 0.717) is 6.42 Å². The SMILES string of the molecule is CSc1nccc2cc(CC(C)=O)sc12. The van der Waals surface area contributed by atoms with Crippen molar-refractivity contribution in [3.05, 3.63) is 23.2 Å². The van der Waals surface area contributed by atoms with Gasteiger partial charge < -0.3 is 0 Å². The molecule has 2 rings (SSSR count). The highest BCUT2D eigenvalue weighted by molar-refractivity contribution is 7.98. The lowest BCUT2D eigenvalue weighted by atomic mass is 10.2. The Kier molecular flexibility index (Phi) is 3.07. The molecule has 0 amide bonds. The molecule has 2 aromatic heterocycles. The van der Waals surface area contributed by atoms with Crippen molar-refractivity contribution in [2.24, 2.45) is 0 Å². The molecule has 0 spiro atoms. The zero-order valence-electron chi connectivity index (χ0n) is 8.61. The van der Waals surface area contributed by atoms with E-state index in [-0.39, 0.29) is 5.78 Å². The second-order valence-electron chi connectivity index (χ2n) is 3.33. The van der Waals surface area contributed by atoms with Crippen molar-refractivity contribution in [3.8, 4) is 0 Å². The highest BCUT2D eigenvalue weighted by Gasteiger charge is 2.07. The largest absolute Gasteiger partial charge is 0.300 e. The van der Waals surface area contributed by atoms with Crippen LogP contribution in [0.25, 0.3) is 10.1 Å². The minimum atomic E-state index is 0.209. The van der Waals surface area contributed by atoms with Gasteiger partial charge in [0, 0.05) is 17.5 Å². The van der Waals surface area contributed by atoms with Crippen LogP contribution in [0, 0.1) is 0 Å². The summed E-state index contributed by atoms with van der Waals surface area (Å²) in [5.74, 6) is 0.209. The molecule has 0 atom stereocenters. The predicted octanol–water partition coefficient (Wildman–Crippen LogP) is 3.15. The lowest BCUT2D eigenvalue weighted by Gasteiger charge is -1.94. The van der Waals surface area contributed by atoms with Crippen LogP contribution < -0.4 is 0 Å². The summed E-state index contributed by atoms with van der Waals surface area (Å²) < 4.78 is 1.20. The molecule has 78 valence electrons. The minimum absolute atomic E-state index is 0.209. The molecule has 0 N–H and O–H groups in total. The molecule has 2 nitrogen and oxygen atoms in total. The third kappa shape index (κ3) is 2.21. The molecule has 4 heteroatoms. The molecule has 15 heavy (non-hydrogen) atoms. The number of pyridine rings is 1. The number of thiophene rings is 1. The molecule has 0 aliphatic heterocycles. The summed E-state index contributed by atoms with van der Waals surface area (Å²) in [5.41, 5.74) is 0. The van der Waals surface area contributed by atoms with Crippen LogP contribution in [-0.4, -0.2) is 17.0 Å². The zero-order chi connectivity index (χ0) is 10.8. The van der Waals surface area contributed by atoms with Crippen molar-refractivity contribution in [3.63, 3.8) is 0 Å². The van der Waals surface area contributed by atoms with E-state index in [2.05, 4.69) is 11.1 Å². The number of ketones is 1. The van der Waals surface area contributed by atoms with Crippen LogP contribution in [0.5, 0.6) is 0 Å². The highest BCUT2D eigenvalue weighted by atomic mass is 32.2. The lowest BCUT2D eigenvalue weighted by molar-refractivity contribution is -0.116. The Hall–Kier alpha value is -0.870. The van der Waals surface area contributed by atoms with E-state index < -0.39 is 0 Å². The second-order valence-corrected chi connectivity index (χ2v) is 5.26. The van der Waals surface area contributed by atoms with Crippen molar-refractivity contribution < 1.29 is 4.79 Å². The second kappa shape index (κ2) is 4.33. The average Bonchev–Trinajstić information content (AvgIpc) is 2.58. The van der Waals surface area contributed by atoms with Crippen LogP contribution in [0.3, 0.4) is 0 Å². The molecule has 0 aliphatic carbocycles. The molecular weight excluding hydrogens is 226 g/mol. The number of rotatable bonds is 3. The van der Waals surface area contributed by atoms with E-state index in [0.717, 1.165) is 9.90 Å². The van der Waals surface area contributed by atoms with Crippen LogP contribution in [0.1, 0.15) is 11.8 Å². The fourth-order valence-electron chi connectivity index (χ4n) is 1.47. The Balaban J connectivity index is 2.50. The van der Waals surface area contributed by atoms with Crippen molar-refractivity contribution in [2.45, 2.75) is 18.4 Å². The lowest BCUT2D eigenvalue weighted by Crippen LogP contribution is -1.92. The predicted molar refractivity (Wildman–Crippen MR) is 65.8 cm³/mol. The summed E-state index contributed by atoms with van der Waals surface area (Å²) in [6.45, 7) is 1.62. The van der Waals surface area contributed by atoms with Gasteiger partial charge in [0.05, 0.1) is 4.70 Å². The summed E-state index contributed by atoms with van der Waals surface area (Å²) >= 11 is 3.32. The molecule has 0 saturated heterocycles. The fourth-order valence-corrected chi connectivity index (χ4v) is 3.42. The number of hydrogen-bond acceptors (Lipinski definition) is 4. The Morgan fingerprint density at radius 3 is 3.07 bits per heavy atom. The summed E-state index contributed by atoms with van der Waals surface area (Å²) in [6, 6.07) is 4.08. The molecule has 0 saturated carbocycles. The standard InChI is InChI=1S/C11H11NOS2/c1-7(13)5-9-6-8-3-4-12-11(14-2)10(8)15-9/h3-4,6H,5H2,1-2H3. The van der Waals surface area contributed by atoms with Gasteiger partial charge in [-0.15, -0.1) is 23.1 Å². The molecule has 0 aromatic carbocycles. The number of hydrogen-bond donors (Lipinski definition) is 0. The Morgan fingerprint density at radius 1 is 1.60 bits per heavy atom. The van der Waals surface area contributed by atoms with Gasteiger partial charge in [-0.3, -0.25) is 4.79 Å². The minimum Gasteiger partial charge on any atom is -0.300 e. The molecular formula is C11H11NOS2. The maximum atomic E-state index is 11.0. The smallest absolute Gasteiger partial charge is 0.135 e. The van der Waals surface area contributed by atoms with Gasteiger partial charge in [-0.05, 0) is 30.7 Å². The topological polar surface area (TPSA) is 30.0 Å². The van der Waals surface area contributed by atoms with Gasteiger partial charge in [-0.2, -0.15) is 0 Å². The van der Waals surface area contributed by atoms with Gasteiger partial charge >= 0.3 is 0 Å². The first kappa shape index (κ1) is 10.6. The van der Waals surface area contributed by atoms with E-state index in [1.54, 1.807) is 30.0 Å². The van der Waals surface area contributed by atoms with Gasteiger partial charge in [-0.1, -0.05) is 0 Å². The summed E-state index contributed by atoms with van der Waals surface area (Å²) in [4.78, 5) is 16.5. The van der Waals surface area contributed by atoms with Crippen LogP contribution in [-0.2, 0) is 11.2 Å². The Morgan fingerprint density at radius 2 is 2.40 bits per heavy atom. The first-order chi connectivity index (χ1) is 7.20. The van der Waals surface area contributed by atoms with Crippen molar-refractivity contribution >= 4 is 39.0 Å². The van der Waals surface area contributed by atoms with Gasteiger partial charge in [0.15, 0.2) is 0 Å². The number of Topliss-reactive ketones (excluding diaryl/α,β-unsaturated/α-hetero) is 1. The summed E-state index contributed by atoms with van der Waals surface area (Å²) in [5, 5.41) is 2.24. The monoisotopic (exact) mass is 237 g/mol. The van der Waals surface area contributed by atoms with Gasteiger partial charge in [-0.25, -0.2) is 4.98 Å². The van der Waals surface area contributed by atoms with E-state index in [1.807, 2.05) is 18.5 Å². The number of fused-ring (bicyclic) bond motifs is 1. The number of thioether (sulfide) groups is 1. The molecule has 2 aromatic rings. The van der Waals surface area contributed by atoms with Crippen LogP contribution in [0.15, 0.2) is 23.4 Å². The first-order valence-electron chi connectivity index (χ1n) is 4.61. The quantitative estimate of drug-likeness (QED) is 0.768.